The summed E-state index contributed by atoms with van der Waals surface area (Å²) in [5.74, 6) is 0.743. The summed E-state index contributed by atoms with van der Waals surface area (Å²) in [5.41, 5.74) is 1.92. The smallest absolute Gasteiger partial charge is 0.129 e. The van der Waals surface area contributed by atoms with E-state index in [1.54, 1.807) is 14.0 Å². The Kier molecular flexibility index (Phi) is 2.91. The number of hydrogen-bond donors (Lipinski definition) is 1. The first-order chi connectivity index (χ1) is 6.00. The number of aromatic hydroxyl groups is 1. The molecule has 13 heavy (non-hydrogen) atoms. The van der Waals surface area contributed by atoms with Gasteiger partial charge in [-0.05, 0) is 19.3 Å². The van der Waals surface area contributed by atoms with Gasteiger partial charge in [-0.3, -0.25) is 0 Å². The number of benzene rings is 1. The molecule has 0 aliphatic heterocycles. The van der Waals surface area contributed by atoms with Crippen LogP contribution in [0.1, 0.15) is 11.1 Å². The van der Waals surface area contributed by atoms with Crippen LogP contribution in [0.4, 0.5) is 0 Å². The maximum Gasteiger partial charge on any atom is 0.129 e. The van der Waals surface area contributed by atoms with Gasteiger partial charge in [0.2, 0.25) is 0 Å². The number of ether oxygens (including phenoxy) is 1. The molecular weight excluding hydrogens is 231 g/mol. The second-order valence-corrected chi connectivity index (χ2v) is 3.65. The summed E-state index contributed by atoms with van der Waals surface area (Å²) in [7, 11) is 7.22. The minimum atomic E-state index is 0.0781. The Bertz CT molecular complexity index is 321. The lowest BCUT2D eigenvalue weighted by molar-refractivity contribution is 0.400. The zero-order valence-corrected chi connectivity index (χ0v) is 9.40. The van der Waals surface area contributed by atoms with E-state index in [-0.39, 0.29) is 5.75 Å². The molecular formula is C9H10BBrO2. The highest BCUT2D eigenvalue weighted by Gasteiger charge is 2.14. The predicted octanol–water partition coefficient (Wildman–Crippen LogP) is 1.57. The zero-order chi connectivity index (χ0) is 10.2. The molecule has 0 saturated heterocycles. The van der Waals surface area contributed by atoms with Crippen LogP contribution in [0.3, 0.4) is 0 Å². The number of phenolic OH excluding ortho intramolecular Hbond substituents is 1. The standard InChI is InChI=1S/C9H10BBrO2/c1-4-7(11)6(10)8(12)5(2)9(4)13-3/h12H,1-3H3. The van der Waals surface area contributed by atoms with Crippen LogP contribution in [0.25, 0.3) is 0 Å². The van der Waals surface area contributed by atoms with E-state index < -0.39 is 0 Å². The largest absolute Gasteiger partial charge is 0.508 e. The lowest BCUT2D eigenvalue weighted by atomic mass is 9.90. The summed E-state index contributed by atoms with van der Waals surface area (Å²) < 4.78 is 5.83. The Labute approximate surface area is 87.5 Å². The van der Waals surface area contributed by atoms with Gasteiger partial charge in [0.25, 0.3) is 0 Å². The molecule has 0 amide bonds. The maximum atomic E-state index is 9.59. The number of halogens is 1. The van der Waals surface area contributed by atoms with Crippen LogP contribution in [0.2, 0.25) is 0 Å². The Balaban J connectivity index is 3.56. The first-order valence-electron chi connectivity index (χ1n) is 3.81. The van der Waals surface area contributed by atoms with Crippen molar-refractivity contribution in [3.63, 3.8) is 0 Å². The number of phenols is 1. The van der Waals surface area contributed by atoms with Crippen molar-refractivity contribution in [1.29, 1.82) is 0 Å². The second-order valence-electron chi connectivity index (χ2n) is 2.86. The zero-order valence-electron chi connectivity index (χ0n) is 7.81. The summed E-state index contributed by atoms with van der Waals surface area (Å²) >= 11 is 3.29. The highest BCUT2D eigenvalue weighted by molar-refractivity contribution is 9.10. The van der Waals surface area contributed by atoms with Crippen molar-refractivity contribution in [3.05, 3.63) is 15.6 Å². The van der Waals surface area contributed by atoms with Crippen LogP contribution in [-0.2, 0) is 0 Å². The first-order valence-corrected chi connectivity index (χ1v) is 4.61. The molecule has 0 aromatic heterocycles. The van der Waals surface area contributed by atoms with Crippen LogP contribution < -0.4 is 10.2 Å². The average molecular weight is 241 g/mol. The van der Waals surface area contributed by atoms with Crippen LogP contribution in [-0.4, -0.2) is 20.1 Å². The van der Waals surface area contributed by atoms with Crippen molar-refractivity contribution in [3.8, 4) is 11.5 Å². The summed E-state index contributed by atoms with van der Waals surface area (Å²) in [6, 6.07) is 0. The summed E-state index contributed by atoms with van der Waals surface area (Å²) in [5, 5.41) is 9.59. The Morgan fingerprint density at radius 2 is 1.85 bits per heavy atom. The molecule has 1 aromatic carbocycles. The Morgan fingerprint density at radius 3 is 2.31 bits per heavy atom. The topological polar surface area (TPSA) is 29.5 Å². The van der Waals surface area contributed by atoms with Crippen LogP contribution >= 0.6 is 15.9 Å². The third kappa shape index (κ3) is 1.55. The molecule has 2 nitrogen and oxygen atoms in total. The molecule has 0 aliphatic carbocycles. The average Bonchev–Trinajstić information content (AvgIpc) is 2.13. The van der Waals surface area contributed by atoms with E-state index in [9.17, 15) is 5.11 Å². The fraction of sp³-hybridized carbons (Fsp3) is 0.333. The van der Waals surface area contributed by atoms with Gasteiger partial charge in [0.05, 0.1) is 7.11 Å². The van der Waals surface area contributed by atoms with Gasteiger partial charge < -0.3 is 9.84 Å². The third-order valence-electron chi connectivity index (χ3n) is 2.06. The molecule has 1 rings (SSSR count). The first kappa shape index (κ1) is 10.4. The quantitative estimate of drug-likeness (QED) is 0.756. The van der Waals surface area contributed by atoms with E-state index in [4.69, 9.17) is 12.6 Å². The molecule has 0 saturated carbocycles. The molecule has 0 atom stereocenters. The van der Waals surface area contributed by atoms with Crippen LogP contribution in [0, 0.1) is 13.8 Å². The predicted molar refractivity (Wildman–Crippen MR) is 57.2 cm³/mol. The highest BCUT2D eigenvalue weighted by atomic mass is 79.9. The van der Waals surface area contributed by atoms with Crippen molar-refractivity contribution >= 4 is 29.2 Å². The van der Waals surface area contributed by atoms with Gasteiger partial charge in [-0.2, -0.15) is 0 Å². The van der Waals surface area contributed by atoms with E-state index in [1.165, 1.54) is 0 Å². The van der Waals surface area contributed by atoms with Gasteiger partial charge in [-0.15, -0.1) is 0 Å². The molecule has 0 spiro atoms. The van der Waals surface area contributed by atoms with Gasteiger partial charge in [0.15, 0.2) is 0 Å². The van der Waals surface area contributed by atoms with Crippen molar-refractivity contribution in [2.75, 3.05) is 7.11 Å². The number of hydrogen-bond acceptors (Lipinski definition) is 2. The fourth-order valence-electron chi connectivity index (χ4n) is 1.30. The monoisotopic (exact) mass is 240 g/mol. The molecule has 4 heteroatoms. The van der Waals surface area contributed by atoms with Gasteiger partial charge in [-0.25, -0.2) is 0 Å². The van der Waals surface area contributed by atoms with Crippen LogP contribution in [0.15, 0.2) is 4.47 Å². The van der Waals surface area contributed by atoms with E-state index >= 15 is 0 Å². The van der Waals surface area contributed by atoms with Crippen molar-refractivity contribution < 1.29 is 9.84 Å². The normalized spacial score (nSPS) is 10.2. The van der Waals surface area contributed by atoms with Gasteiger partial charge >= 0.3 is 0 Å². The lowest BCUT2D eigenvalue weighted by Crippen LogP contribution is -2.10. The number of methoxy groups -OCH3 is 1. The van der Waals surface area contributed by atoms with Gasteiger partial charge in [0, 0.05) is 15.6 Å². The molecule has 0 heterocycles. The molecule has 1 N–H and O–H groups in total. The van der Waals surface area contributed by atoms with Gasteiger partial charge in [-0.1, -0.05) is 15.9 Å². The molecule has 2 radical (unpaired) electrons. The minimum Gasteiger partial charge on any atom is -0.508 e. The minimum absolute atomic E-state index is 0.0781. The van der Waals surface area contributed by atoms with Crippen LogP contribution in [0.5, 0.6) is 11.5 Å². The molecule has 0 unspecified atom stereocenters. The molecule has 0 aliphatic rings. The maximum absolute atomic E-state index is 9.59. The molecule has 1 aromatic rings. The van der Waals surface area contributed by atoms with E-state index in [0.717, 1.165) is 5.56 Å². The molecule has 0 bridgehead atoms. The van der Waals surface area contributed by atoms with Crippen molar-refractivity contribution in [2.24, 2.45) is 0 Å². The summed E-state index contributed by atoms with van der Waals surface area (Å²) in [6.45, 7) is 3.65. The Morgan fingerprint density at radius 1 is 1.31 bits per heavy atom. The third-order valence-corrected chi connectivity index (χ3v) is 3.08. The van der Waals surface area contributed by atoms with Crippen molar-refractivity contribution in [1.82, 2.24) is 0 Å². The number of rotatable bonds is 1. The molecule has 0 fully saturated rings. The highest BCUT2D eigenvalue weighted by Crippen LogP contribution is 2.33. The molecule has 68 valence electrons. The summed E-state index contributed by atoms with van der Waals surface area (Å²) in [6.07, 6.45) is 0. The van der Waals surface area contributed by atoms with Gasteiger partial charge in [0.1, 0.15) is 19.3 Å². The second kappa shape index (κ2) is 3.62. The Hall–Kier alpha value is -0.635. The SMILES string of the molecule is [B]c1c(O)c(C)c(OC)c(C)c1Br. The van der Waals surface area contributed by atoms with E-state index in [2.05, 4.69) is 15.9 Å². The van der Waals surface area contributed by atoms with E-state index in [0.29, 0.717) is 21.2 Å². The van der Waals surface area contributed by atoms with E-state index in [1.807, 2.05) is 6.92 Å². The lowest BCUT2D eigenvalue weighted by Gasteiger charge is -2.14. The van der Waals surface area contributed by atoms with Crippen molar-refractivity contribution in [2.45, 2.75) is 13.8 Å². The fourth-order valence-corrected chi connectivity index (χ4v) is 1.67. The summed E-state index contributed by atoms with van der Waals surface area (Å²) in [4.78, 5) is 0.